The van der Waals surface area contributed by atoms with E-state index in [0.29, 0.717) is 12.2 Å². The highest BCUT2D eigenvalue weighted by Crippen LogP contribution is 2.29. The lowest BCUT2D eigenvalue weighted by Crippen LogP contribution is -2.52. The molecule has 1 aliphatic heterocycles. The first-order chi connectivity index (χ1) is 13.7. The maximum absolute atomic E-state index is 12.6. The Bertz CT molecular complexity index is 956. The smallest absolute Gasteiger partial charge is 0.251 e. The molecular weight excluding hydrogens is 354 g/mol. The molecule has 3 aromatic rings. The number of fused-ring (bicyclic) bond motifs is 1. The van der Waals surface area contributed by atoms with Gasteiger partial charge in [0.25, 0.3) is 5.91 Å². The van der Waals surface area contributed by atoms with Crippen molar-refractivity contribution >= 4 is 22.8 Å². The van der Waals surface area contributed by atoms with E-state index in [1.54, 1.807) is 13.4 Å². The quantitative estimate of drug-likeness (QED) is 0.712. The number of rotatable bonds is 5. The molecular formula is C21H25N5O2. The van der Waals surface area contributed by atoms with Crippen molar-refractivity contribution in [1.29, 1.82) is 0 Å². The monoisotopic (exact) mass is 379 g/mol. The number of aryl methyl sites for hydroxylation is 1. The van der Waals surface area contributed by atoms with Crippen molar-refractivity contribution in [3.8, 4) is 0 Å². The van der Waals surface area contributed by atoms with E-state index in [1.807, 2.05) is 36.5 Å². The zero-order valence-electron chi connectivity index (χ0n) is 16.2. The lowest BCUT2D eigenvalue weighted by molar-refractivity contribution is 0.0855. The number of nitrogens with one attached hydrogen (secondary N) is 2. The number of methoxy groups -OCH3 is 1. The second kappa shape index (κ2) is 7.98. The third-order valence-electron chi connectivity index (χ3n) is 5.41. The molecule has 2 N–H and O–H groups in total. The van der Waals surface area contributed by atoms with Gasteiger partial charge in [0.15, 0.2) is 0 Å². The average molecular weight is 379 g/mol. The predicted octanol–water partition coefficient (Wildman–Crippen LogP) is 2.54. The van der Waals surface area contributed by atoms with Crippen LogP contribution in [0.15, 0.2) is 42.9 Å². The minimum absolute atomic E-state index is 0.0361. The van der Waals surface area contributed by atoms with Crippen LogP contribution >= 0.6 is 0 Å². The van der Waals surface area contributed by atoms with E-state index < -0.39 is 0 Å². The van der Waals surface area contributed by atoms with Crippen molar-refractivity contribution in [3.05, 3.63) is 54.0 Å². The summed E-state index contributed by atoms with van der Waals surface area (Å²) in [7, 11) is 1.70. The number of aromatic nitrogens is 3. The first-order valence-corrected chi connectivity index (χ1v) is 9.56. The Hall–Kier alpha value is -2.93. The predicted molar refractivity (Wildman–Crippen MR) is 109 cm³/mol. The molecule has 1 amide bonds. The summed E-state index contributed by atoms with van der Waals surface area (Å²) in [6.07, 6.45) is 4.39. The van der Waals surface area contributed by atoms with Crippen LogP contribution in [0, 0.1) is 12.8 Å². The highest BCUT2D eigenvalue weighted by Gasteiger charge is 2.32. The van der Waals surface area contributed by atoms with Gasteiger partial charge in [-0.3, -0.25) is 4.79 Å². The van der Waals surface area contributed by atoms with Crippen molar-refractivity contribution in [2.45, 2.75) is 19.4 Å². The number of carbonyl (C=O) groups is 1. The van der Waals surface area contributed by atoms with E-state index >= 15 is 0 Å². The summed E-state index contributed by atoms with van der Waals surface area (Å²) in [6.45, 7) is 4.22. The zero-order chi connectivity index (χ0) is 19.5. The Kier molecular flexibility index (Phi) is 5.25. The number of hydrogen-bond donors (Lipinski definition) is 2. The summed E-state index contributed by atoms with van der Waals surface area (Å²) in [5.41, 5.74) is 2.67. The van der Waals surface area contributed by atoms with Crippen LogP contribution in [0.3, 0.4) is 0 Å². The third kappa shape index (κ3) is 3.57. The molecule has 1 fully saturated rings. The molecule has 1 saturated heterocycles. The Morgan fingerprint density at radius 1 is 1.32 bits per heavy atom. The van der Waals surface area contributed by atoms with Gasteiger partial charge in [-0.25, -0.2) is 9.97 Å². The standard InChI is InChI=1S/C21H25N5O2/c1-14-10-22-19-18(14)20(24-13-23-19)26-9-8-17(16(11-26)12-28-2)25-21(27)15-6-4-3-5-7-15/h3-7,10,13,16-17H,8-9,11-12H2,1-2H3,(H,25,27)(H,22,23,24)/t16-,17-/m0/s1. The van der Waals surface area contributed by atoms with Crippen LogP contribution in [0.5, 0.6) is 0 Å². The number of nitrogens with zero attached hydrogens (tertiary/aromatic N) is 3. The van der Waals surface area contributed by atoms with Crippen LogP contribution in [-0.4, -0.2) is 53.7 Å². The van der Waals surface area contributed by atoms with Gasteiger partial charge in [0.2, 0.25) is 0 Å². The molecule has 0 saturated carbocycles. The zero-order valence-corrected chi connectivity index (χ0v) is 16.2. The topological polar surface area (TPSA) is 83.1 Å². The summed E-state index contributed by atoms with van der Waals surface area (Å²) in [4.78, 5) is 27.0. The number of aromatic amines is 1. The summed E-state index contributed by atoms with van der Waals surface area (Å²) < 4.78 is 5.46. The fraction of sp³-hybridized carbons (Fsp3) is 0.381. The Morgan fingerprint density at radius 2 is 2.14 bits per heavy atom. The second-order valence-electron chi connectivity index (χ2n) is 7.29. The van der Waals surface area contributed by atoms with Crippen LogP contribution in [0.1, 0.15) is 22.3 Å². The molecule has 0 spiro atoms. The van der Waals surface area contributed by atoms with E-state index in [0.717, 1.165) is 41.9 Å². The van der Waals surface area contributed by atoms with Crippen LogP contribution < -0.4 is 10.2 Å². The van der Waals surface area contributed by atoms with Crippen LogP contribution in [0.2, 0.25) is 0 Å². The summed E-state index contributed by atoms with van der Waals surface area (Å²) >= 11 is 0. The first kappa shape index (κ1) is 18.4. The fourth-order valence-corrected chi connectivity index (χ4v) is 3.98. The van der Waals surface area contributed by atoms with Gasteiger partial charge in [0.05, 0.1) is 12.0 Å². The lowest BCUT2D eigenvalue weighted by atomic mass is 9.92. The lowest BCUT2D eigenvalue weighted by Gasteiger charge is -2.39. The van der Waals surface area contributed by atoms with Crippen molar-refractivity contribution in [2.75, 3.05) is 31.7 Å². The number of H-pyrrole nitrogens is 1. The highest BCUT2D eigenvalue weighted by molar-refractivity contribution is 5.94. The number of hydrogen-bond acceptors (Lipinski definition) is 5. The second-order valence-corrected chi connectivity index (χ2v) is 7.29. The van der Waals surface area contributed by atoms with Gasteiger partial charge in [-0.05, 0) is 31.0 Å². The van der Waals surface area contributed by atoms with Gasteiger partial charge in [-0.1, -0.05) is 18.2 Å². The summed E-state index contributed by atoms with van der Waals surface area (Å²) in [6, 6.07) is 9.40. The SMILES string of the molecule is COC[C@@H]1CN(c2ncnc3[nH]cc(C)c23)CC[C@@H]1NC(=O)c1ccccc1. The molecule has 2 aromatic heterocycles. The van der Waals surface area contributed by atoms with Crippen molar-refractivity contribution in [2.24, 2.45) is 5.92 Å². The van der Waals surface area contributed by atoms with Gasteiger partial charge in [-0.2, -0.15) is 0 Å². The molecule has 4 rings (SSSR count). The van der Waals surface area contributed by atoms with Gasteiger partial charge in [-0.15, -0.1) is 0 Å². The third-order valence-corrected chi connectivity index (χ3v) is 5.41. The summed E-state index contributed by atoms with van der Waals surface area (Å²) in [5.74, 6) is 1.08. The van der Waals surface area contributed by atoms with Gasteiger partial charge in [0, 0.05) is 43.9 Å². The van der Waals surface area contributed by atoms with E-state index in [2.05, 4.69) is 32.1 Å². The van der Waals surface area contributed by atoms with Gasteiger partial charge >= 0.3 is 0 Å². The van der Waals surface area contributed by atoms with Gasteiger partial charge in [0.1, 0.15) is 17.8 Å². The van der Waals surface area contributed by atoms with Crippen molar-refractivity contribution < 1.29 is 9.53 Å². The Morgan fingerprint density at radius 3 is 2.93 bits per heavy atom. The van der Waals surface area contributed by atoms with Crippen molar-refractivity contribution in [3.63, 3.8) is 0 Å². The van der Waals surface area contributed by atoms with E-state index in [-0.39, 0.29) is 17.9 Å². The molecule has 0 bridgehead atoms. The molecule has 3 heterocycles. The maximum atomic E-state index is 12.6. The maximum Gasteiger partial charge on any atom is 0.251 e. The largest absolute Gasteiger partial charge is 0.384 e. The van der Waals surface area contributed by atoms with Crippen LogP contribution in [-0.2, 0) is 4.74 Å². The molecule has 0 radical (unpaired) electrons. The molecule has 146 valence electrons. The normalized spacial score (nSPS) is 19.7. The van der Waals surface area contributed by atoms with Crippen LogP contribution in [0.4, 0.5) is 5.82 Å². The van der Waals surface area contributed by atoms with Gasteiger partial charge < -0.3 is 19.9 Å². The first-order valence-electron chi connectivity index (χ1n) is 9.56. The van der Waals surface area contributed by atoms with E-state index in [9.17, 15) is 4.79 Å². The molecule has 28 heavy (non-hydrogen) atoms. The number of carbonyl (C=O) groups excluding carboxylic acids is 1. The van der Waals surface area contributed by atoms with Crippen LogP contribution in [0.25, 0.3) is 11.0 Å². The number of piperidine rings is 1. The Balaban J connectivity index is 1.53. The highest BCUT2D eigenvalue weighted by atomic mass is 16.5. The fourth-order valence-electron chi connectivity index (χ4n) is 3.98. The molecule has 0 aliphatic carbocycles. The molecule has 7 heteroatoms. The number of amides is 1. The number of anilines is 1. The number of benzene rings is 1. The minimum Gasteiger partial charge on any atom is -0.384 e. The van der Waals surface area contributed by atoms with Crippen molar-refractivity contribution in [1.82, 2.24) is 20.3 Å². The van der Waals surface area contributed by atoms with E-state index in [1.165, 1.54) is 0 Å². The molecule has 7 nitrogen and oxygen atoms in total. The van der Waals surface area contributed by atoms with E-state index in [4.69, 9.17) is 4.74 Å². The Labute approximate surface area is 164 Å². The molecule has 2 atom stereocenters. The molecule has 1 aromatic carbocycles. The number of ether oxygens (including phenoxy) is 1. The molecule has 1 aliphatic rings. The summed E-state index contributed by atoms with van der Waals surface area (Å²) in [5, 5.41) is 4.26. The minimum atomic E-state index is -0.0361. The average Bonchev–Trinajstić information content (AvgIpc) is 3.11. The molecule has 0 unspecified atom stereocenters.